The highest BCUT2D eigenvalue weighted by atomic mass is 32.2. The van der Waals surface area contributed by atoms with Gasteiger partial charge in [-0.05, 0) is 35.1 Å². The average Bonchev–Trinajstić information content (AvgIpc) is 2.81. The van der Waals surface area contributed by atoms with Gasteiger partial charge >= 0.3 is 0 Å². The number of aromatic nitrogens is 1. The van der Waals surface area contributed by atoms with E-state index in [-0.39, 0.29) is 11.2 Å². The normalized spacial score (nSPS) is 14.3. The fraction of sp³-hybridized carbons (Fsp3) is 0.296. The zero-order chi connectivity index (χ0) is 23.6. The van der Waals surface area contributed by atoms with Gasteiger partial charge in [0.25, 0.3) is 0 Å². The summed E-state index contributed by atoms with van der Waals surface area (Å²) in [7, 11) is 3.15. The first-order valence-corrected chi connectivity index (χ1v) is 11.7. The van der Waals surface area contributed by atoms with E-state index in [0.29, 0.717) is 51.8 Å². The van der Waals surface area contributed by atoms with E-state index < -0.39 is 0 Å². The van der Waals surface area contributed by atoms with E-state index in [0.717, 1.165) is 16.8 Å². The Hall–Kier alpha value is -3.30. The van der Waals surface area contributed by atoms with Gasteiger partial charge < -0.3 is 9.47 Å². The van der Waals surface area contributed by atoms with Gasteiger partial charge in [-0.25, -0.2) is 4.98 Å². The molecule has 0 radical (unpaired) electrons. The van der Waals surface area contributed by atoms with Crippen molar-refractivity contribution in [3.63, 3.8) is 0 Å². The molecule has 5 nitrogen and oxygen atoms in total. The van der Waals surface area contributed by atoms with Crippen LogP contribution in [0.3, 0.4) is 0 Å². The van der Waals surface area contributed by atoms with Gasteiger partial charge in [-0.3, -0.25) is 4.79 Å². The van der Waals surface area contributed by atoms with E-state index >= 15 is 0 Å². The number of fused-ring (bicyclic) bond motifs is 1. The number of carbonyl (C=O) groups is 1. The predicted octanol–water partition coefficient (Wildman–Crippen LogP) is 6.08. The molecule has 33 heavy (non-hydrogen) atoms. The minimum absolute atomic E-state index is 0.0228. The number of benzene rings is 2. The van der Waals surface area contributed by atoms with Crippen molar-refractivity contribution in [2.24, 2.45) is 5.41 Å². The molecule has 0 spiro atoms. The third-order valence-corrected chi connectivity index (χ3v) is 6.85. The van der Waals surface area contributed by atoms with E-state index in [1.165, 1.54) is 11.8 Å². The molecule has 0 aliphatic heterocycles. The van der Waals surface area contributed by atoms with Crippen LogP contribution in [0.15, 0.2) is 53.6 Å². The number of pyridine rings is 1. The summed E-state index contributed by atoms with van der Waals surface area (Å²) in [5.41, 5.74) is 4.10. The molecule has 6 heteroatoms. The van der Waals surface area contributed by atoms with Gasteiger partial charge in [0.2, 0.25) is 0 Å². The minimum Gasteiger partial charge on any atom is -0.493 e. The molecule has 0 N–H and O–H groups in total. The third kappa shape index (κ3) is 4.60. The van der Waals surface area contributed by atoms with Crippen molar-refractivity contribution in [1.29, 1.82) is 5.26 Å². The zero-order valence-corrected chi connectivity index (χ0v) is 20.1. The molecule has 0 unspecified atom stereocenters. The van der Waals surface area contributed by atoms with Gasteiger partial charge in [0.05, 0.1) is 25.5 Å². The molecule has 1 heterocycles. The lowest BCUT2D eigenvalue weighted by Gasteiger charge is -2.31. The lowest BCUT2D eigenvalue weighted by molar-refractivity contribution is 0.0910. The van der Waals surface area contributed by atoms with E-state index in [9.17, 15) is 10.1 Å². The molecule has 168 valence electrons. The second-order valence-corrected chi connectivity index (χ2v) is 9.85. The summed E-state index contributed by atoms with van der Waals surface area (Å²) in [6.45, 7) is 4.17. The molecule has 0 atom stereocenters. The van der Waals surface area contributed by atoms with Crippen LogP contribution in [-0.2, 0) is 12.2 Å². The van der Waals surface area contributed by atoms with E-state index in [2.05, 4.69) is 32.0 Å². The Labute approximate surface area is 198 Å². The first kappa shape index (κ1) is 22.9. The molecular formula is C27H26N2O3S. The summed E-state index contributed by atoms with van der Waals surface area (Å²) in [4.78, 5) is 18.2. The quantitative estimate of drug-likeness (QED) is 0.417. The first-order chi connectivity index (χ1) is 15.9. The van der Waals surface area contributed by atoms with Crippen LogP contribution in [0.5, 0.6) is 11.5 Å². The Morgan fingerprint density at radius 2 is 1.76 bits per heavy atom. The van der Waals surface area contributed by atoms with Crippen molar-refractivity contribution in [3.05, 3.63) is 70.9 Å². The number of rotatable bonds is 6. The van der Waals surface area contributed by atoms with Crippen molar-refractivity contribution in [2.45, 2.75) is 37.5 Å². The summed E-state index contributed by atoms with van der Waals surface area (Å²) >= 11 is 1.52. The van der Waals surface area contributed by atoms with Crippen LogP contribution in [0.4, 0.5) is 0 Å². The lowest BCUT2D eigenvalue weighted by atomic mass is 9.73. The molecular weight excluding hydrogens is 432 g/mol. The Kier molecular flexibility index (Phi) is 6.44. The maximum absolute atomic E-state index is 13.3. The number of ether oxygens (including phenoxy) is 2. The number of carbonyl (C=O) groups excluding carboxylic acids is 1. The summed E-state index contributed by atoms with van der Waals surface area (Å²) < 4.78 is 10.9. The molecule has 1 aromatic heterocycles. The molecule has 0 saturated carbocycles. The Morgan fingerprint density at radius 3 is 2.42 bits per heavy atom. The van der Waals surface area contributed by atoms with Gasteiger partial charge in [-0.15, -0.1) is 11.8 Å². The summed E-state index contributed by atoms with van der Waals surface area (Å²) in [5, 5.41) is 10.9. The van der Waals surface area contributed by atoms with Gasteiger partial charge in [0, 0.05) is 23.3 Å². The van der Waals surface area contributed by atoms with Crippen molar-refractivity contribution >= 4 is 17.5 Å². The van der Waals surface area contributed by atoms with Gasteiger partial charge in [-0.1, -0.05) is 50.2 Å². The smallest absolute Gasteiger partial charge is 0.165 e. The van der Waals surface area contributed by atoms with Crippen LogP contribution in [-0.4, -0.2) is 25.0 Å². The summed E-state index contributed by atoms with van der Waals surface area (Å²) in [6.07, 6.45) is 1.10. The second kappa shape index (κ2) is 9.29. The van der Waals surface area contributed by atoms with Crippen molar-refractivity contribution in [1.82, 2.24) is 4.98 Å². The number of nitriles is 1. The Bertz CT molecular complexity index is 1250. The second-order valence-electron chi connectivity index (χ2n) is 8.89. The zero-order valence-electron chi connectivity index (χ0n) is 19.3. The monoisotopic (exact) mass is 458 g/mol. The molecule has 0 amide bonds. The number of ketones is 1. The highest BCUT2D eigenvalue weighted by Crippen LogP contribution is 2.44. The van der Waals surface area contributed by atoms with Crippen LogP contribution < -0.4 is 9.47 Å². The largest absolute Gasteiger partial charge is 0.493 e. The molecule has 1 aliphatic carbocycles. The van der Waals surface area contributed by atoms with Crippen molar-refractivity contribution in [3.8, 4) is 28.7 Å². The number of hydrogen-bond acceptors (Lipinski definition) is 6. The van der Waals surface area contributed by atoms with Crippen molar-refractivity contribution in [2.75, 3.05) is 14.2 Å². The van der Waals surface area contributed by atoms with Crippen LogP contribution in [0, 0.1) is 16.7 Å². The molecule has 0 bridgehead atoms. The van der Waals surface area contributed by atoms with Gasteiger partial charge in [0.1, 0.15) is 11.1 Å². The highest BCUT2D eigenvalue weighted by molar-refractivity contribution is 7.98. The molecule has 1 aliphatic rings. The average molecular weight is 459 g/mol. The number of thioether (sulfide) groups is 1. The third-order valence-electron chi connectivity index (χ3n) is 5.81. The predicted molar refractivity (Wildman–Crippen MR) is 130 cm³/mol. The lowest BCUT2D eigenvalue weighted by Crippen LogP contribution is -2.29. The number of nitrogens with zero attached hydrogens (tertiary/aromatic N) is 2. The van der Waals surface area contributed by atoms with Gasteiger partial charge in [0.15, 0.2) is 17.3 Å². The Morgan fingerprint density at radius 1 is 1.03 bits per heavy atom. The van der Waals surface area contributed by atoms with Crippen LogP contribution in [0.25, 0.3) is 11.1 Å². The van der Waals surface area contributed by atoms with E-state index in [4.69, 9.17) is 14.5 Å². The maximum Gasteiger partial charge on any atom is 0.165 e. The standard InChI is InChI=1S/C27H26N2O3S/c1-27(2)13-20-25(21(30)14-27)24(18-10-11-22(31-3)23(12-18)32-4)19(15-28)26(29-20)33-16-17-8-6-5-7-9-17/h5-12H,13-14,16H2,1-4H3. The number of methoxy groups -OCH3 is 2. The fourth-order valence-electron chi connectivity index (χ4n) is 4.29. The SMILES string of the molecule is COc1ccc(-c2c(C#N)c(SCc3ccccc3)nc3c2C(=O)CC(C)(C)C3)cc1OC. The fourth-order valence-corrected chi connectivity index (χ4v) is 5.25. The molecule has 4 rings (SSSR count). The molecule has 2 aromatic carbocycles. The number of Topliss-reactive ketones (excluding diaryl/α,β-unsaturated/α-hetero) is 1. The maximum atomic E-state index is 13.3. The summed E-state index contributed by atoms with van der Waals surface area (Å²) in [5.74, 6) is 1.85. The summed E-state index contributed by atoms with van der Waals surface area (Å²) in [6, 6.07) is 17.9. The van der Waals surface area contributed by atoms with Gasteiger partial charge in [-0.2, -0.15) is 5.26 Å². The molecule has 0 saturated heterocycles. The highest BCUT2D eigenvalue weighted by Gasteiger charge is 2.36. The number of hydrogen-bond donors (Lipinski definition) is 0. The molecule has 3 aromatic rings. The van der Waals surface area contributed by atoms with Crippen LogP contribution in [0.2, 0.25) is 0 Å². The molecule has 0 fully saturated rings. The van der Waals surface area contributed by atoms with Crippen LogP contribution in [0.1, 0.15) is 47.4 Å². The topological polar surface area (TPSA) is 72.2 Å². The van der Waals surface area contributed by atoms with Crippen LogP contribution >= 0.6 is 11.8 Å². The minimum atomic E-state index is -0.179. The Balaban J connectivity index is 1.92. The first-order valence-electron chi connectivity index (χ1n) is 10.8. The van der Waals surface area contributed by atoms with E-state index in [1.54, 1.807) is 20.3 Å². The van der Waals surface area contributed by atoms with E-state index in [1.807, 2.05) is 30.3 Å². The van der Waals surface area contributed by atoms with Crippen molar-refractivity contribution < 1.29 is 14.3 Å².